The molecule has 0 spiro atoms. The molecule has 1 saturated heterocycles. The first kappa shape index (κ1) is 18.2. The summed E-state index contributed by atoms with van der Waals surface area (Å²) in [6, 6.07) is 0. The van der Waals surface area contributed by atoms with Gasteiger partial charge < -0.3 is 5.32 Å². The molecule has 4 heteroatoms. The highest BCUT2D eigenvalue weighted by molar-refractivity contribution is 6.04. The summed E-state index contributed by atoms with van der Waals surface area (Å²) in [7, 11) is 0. The molecule has 1 heterocycles. The maximum Gasteiger partial charge on any atom is 0.227 e. The van der Waals surface area contributed by atoms with Crippen molar-refractivity contribution in [3.05, 3.63) is 12.3 Å². The zero-order valence-electron chi connectivity index (χ0n) is 17.7. The zero-order valence-corrected chi connectivity index (χ0v) is 17.7. The van der Waals surface area contributed by atoms with E-state index < -0.39 is 0 Å². The van der Waals surface area contributed by atoms with Gasteiger partial charge in [-0.05, 0) is 98.7 Å². The maximum absolute atomic E-state index is 12.8. The molecule has 0 aromatic heterocycles. The average Bonchev–Trinajstić information content (AvgIpc) is 2.74. The van der Waals surface area contributed by atoms with E-state index in [-0.39, 0.29) is 41.6 Å². The fourth-order valence-electron chi connectivity index (χ4n) is 10.7. The van der Waals surface area contributed by atoms with Crippen LogP contribution in [0, 0.1) is 71.0 Å². The third-order valence-electron chi connectivity index (χ3n) is 11.3. The monoisotopic (exact) mass is 407 g/mol. The van der Waals surface area contributed by atoms with Crippen molar-refractivity contribution in [1.82, 2.24) is 5.32 Å². The quantitative estimate of drug-likeness (QED) is 0.622. The largest absolute Gasteiger partial charge is 0.330 e. The smallest absolute Gasteiger partial charge is 0.227 e. The normalized spacial score (nSPS) is 56.0. The minimum absolute atomic E-state index is 0.168. The number of piperidine rings is 1. The maximum atomic E-state index is 12.8. The summed E-state index contributed by atoms with van der Waals surface area (Å²) in [5.41, 5.74) is 0.985. The van der Waals surface area contributed by atoms with Crippen LogP contribution in [0.5, 0.6) is 0 Å². The van der Waals surface area contributed by atoms with E-state index in [9.17, 15) is 14.4 Å². The molecule has 6 saturated carbocycles. The van der Waals surface area contributed by atoms with Gasteiger partial charge >= 0.3 is 0 Å². The molecule has 160 valence electrons. The van der Waals surface area contributed by atoms with E-state index in [0.29, 0.717) is 53.3 Å². The molecule has 1 amide bonds. The summed E-state index contributed by atoms with van der Waals surface area (Å²) in [4.78, 5) is 38.5. The van der Waals surface area contributed by atoms with E-state index in [1.54, 1.807) is 0 Å². The summed E-state index contributed by atoms with van der Waals surface area (Å²) in [6.45, 7) is 4.26. The number of hydrogen-bond acceptors (Lipinski definition) is 3. The molecule has 1 aliphatic heterocycles. The van der Waals surface area contributed by atoms with Crippen LogP contribution in [0.25, 0.3) is 0 Å². The number of nitrogens with one attached hydrogen (secondary N) is 1. The van der Waals surface area contributed by atoms with Gasteiger partial charge in [-0.15, -0.1) is 0 Å². The van der Waals surface area contributed by atoms with Gasteiger partial charge in [0.25, 0.3) is 0 Å². The van der Waals surface area contributed by atoms with Gasteiger partial charge in [0, 0.05) is 29.4 Å². The van der Waals surface area contributed by atoms with Gasteiger partial charge in [0.05, 0.1) is 6.42 Å². The lowest BCUT2D eigenvalue weighted by Gasteiger charge is -2.67. The van der Waals surface area contributed by atoms with Gasteiger partial charge in [0.15, 0.2) is 0 Å². The Hall–Kier alpha value is -1.45. The second-order valence-corrected chi connectivity index (χ2v) is 11.8. The van der Waals surface area contributed by atoms with Gasteiger partial charge in [0.1, 0.15) is 11.6 Å². The molecule has 7 rings (SSSR count). The number of Topliss-reactive ketones (excluding diaryl/α,β-unsaturated/α-hetero) is 2. The van der Waals surface area contributed by atoms with E-state index in [1.165, 1.54) is 25.7 Å². The van der Waals surface area contributed by atoms with Crippen LogP contribution >= 0.6 is 0 Å². The number of amides is 1. The van der Waals surface area contributed by atoms with Crippen molar-refractivity contribution in [3.63, 3.8) is 0 Å². The molecule has 12 atom stereocenters. The highest BCUT2D eigenvalue weighted by Crippen LogP contribution is 2.69. The number of rotatable bonds is 0. The second-order valence-electron chi connectivity index (χ2n) is 11.8. The molecule has 0 aromatic carbocycles. The van der Waals surface area contributed by atoms with E-state index in [1.807, 2.05) is 0 Å². The van der Waals surface area contributed by atoms with Crippen LogP contribution < -0.4 is 5.32 Å². The fourth-order valence-corrected chi connectivity index (χ4v) is 10.7. The van der Waals surface area contributed by atoms with Crippen LogP contribution in [0.15, 0.2) is 12.3 Å². The number of ketones is 2. The molecule has 30 heavy (non-hydrogen) atoms. The zero-order chi connectivity index (χ0) is 20.3. The highest BCUT2D eigenvalue weighted by atomic mass is 16.2. The summed E-state index contributed by atoms with van der Waals surface area (Å²) >= 11 is 0. The van der Waals surface area contributed by atoms with Gasteiger partial charge in [-0.3, -0.25) is 14.4 Å². The van der Waals surface area contributed by atoms with E-state index >= 15 is 0 Å². The number of allylic oxidation sites excluding steroid dienone is 1. The lowest BCUT2D eigenvalue weighted by molar-refractivity contribution is -0.193. The van der Waals surface area contributed by atoms with Crippen molar-refractivity contribution in [1.29, 1.82) is 0 Å². The average molecular weight is 408 g/mol. The van der Waals surface area contributed by atoms with E-state index in [0.717, 1.165) is 31.4 Å². The lowest BCUT2D eigenvalue weighted by Crippen LogP contribution is -2.65. The molecule has 4 nitrogen and oxygen atoms in total. The Balaban J connectivity index is 1.31. The minimum Gasteiger partial charge on any atom is -0.330 e. The predicted molar refractivity (Wildman–Crippen MR) is 111 cm³/mol. The van der Waals surface area contributed by atoms with Crippen molar-refractivity contribution >= 4 is 17.5 Å². The minimum atomic E-state index is 0.168. The van der Waals surface area contributed by atoms with Gasteiger partial charge in [-0.1, -0.05) is 6.58 Å². The van der Waals surface area contributed by atoms with Gasteiger partial charge in [-0.2, -0.15) is 0 Å². The van der Waals surface area contributed by atoms with Crippen molar-refractivity contribution in [2.45, 2.75) is 57.8 Å². The molecule has 0 bridgehead atoms. The number of hydrogen-bond donors (Lipinski definition) is 1. The van der Waals surface area contributed by atoms with Gasteiger partial charge in [-0.25, -0.2) is 0 Å². The molecule has 1 N–H and O–H groups in total. The molecular formula is C26H33NO3. The number of carbonyl (C=O) groups is 3. The molecule has 0 aromatic rings. The first-order valence-electron chi connectivity index (χ1n) is 12.6. The topological polar surface area (TPSA) is 63.2 Å². The van der Waals surface area contributed by atoms with Crippen LogP contribution in [-0.2, 0) is 14.4 Å². The standard InChI is InChI=1S/C26H33NO3/c1-11-12-2-3-13-14-4-7-17-20(28)10-21(29)18-8-5-15(24(14)25(17)18)16-6-9-19(26(30)27-11)22(12)23(13)16/h12-19,22-25H,1-10H2,(H,27,30). The summed E-state index contributed by atoms with van der Waals surface area (Å²) in [5.74, 6) is 6.60. The van der Waals surface area contributed by atoms with Crippen molar-refractivity contribution in [3.8, 4) is 0 Å². The SMILES string of the molecule is C=C1NC(=O)C2CCC3C4CCC5C(=O)CC(=O)C6CCC(C7CCC1C2C73)C4C65. The molecule has 7 fully saturated rings. The highest BCUT2D eigenvalue weighted by Gasteiger charge is 2.65. The Morgan fingerprint density at radius 2 is 1.00 bits per heavy atom. The molecule has 7 aliphatic rings. The van der Waals surface area contributed by atoms with Gasteiger partial charge in [0.2, 0.25) is 5.91 Å². The van der Waals surface area contributed by atoms with Crippen molar-refractivity contribution in [2.24, 2.45) is 71.0 Å². The van der Waals surface area contributed by atoms with Crippen LogP contribution in [-0.4, -0.2) is 17.5 Å². The Bertz CT molecular complexity index is 728. The Morgan fingerprint density at radius 1 is 0.567 bits per heavy atom. The first-order chi connectivity index (χ1) is 14.5. The van der Waals surface area contributed by atoms with Crippen molar-refractivity contribution in [2.75, 3.05) is 0 Å². The summed E-state index contributed by atoms with van der Waals surface area (Å²) in [6.07, 6.45) is 9.21. The van der Waals surface area contributed by atoms with Crippen LogP contribution in [0.1, 0.15) is 57.8 Å². The van der Waals surface area contributed by atoms with E-state index in [2.05, 4.69) is 11.9 Å². The Labute approximate surface area is 178 Å². The van der Waals surface area contributed by atoms with Crippen molar-refractivity contribution < 1.29 is 14.4 Å². The first-order valence-corrected chi connectivity index (χ1v) is 12.6. The second kappa shape index (κ2) is 6.07. The van der Waals surface area contributed by atoms with Crippen LogP contribution in [0.2, 0.25) is 0 Å². The van der Waals surface area contributed by atoms with E-state index in [4.69, 9.17) is 0 Å². The predicted octanol–water partition coefficient (Wildman–Crippen LogP) is 3.76. The molecule has 12 unspecified atom stereocenters. The third-order valence-corrected chi connectivity index (χ3v) is 11.3. The number of carbonyl (C=O) groups excluding carboxylic acids is 3. The van der Waals surface area contributed by atoms with Crippen LogP contribution in [0.4, 0.5) is 0 Å². The lowest BCUT2D eigenvalue weighted by atomic mass is 9.37. The fraction of sp³-hybridized carbons (Fsp3) is 0.808. The molecule has 6 aliphatic carbocycles. The summed E-state index contributed by atoms with van der Waals surface area (Å²) in [5, 5.41) is 3.13. The third kappa shape index (κ3) is 2.11. The molecule has 0 radical (unpaired) electrons. The Morgan fingerprint density at radius 3 is 1.53 bits per heavy atom. The van der Waals surface area contributed by atoms with Crippen LogP contribution in [0.3, 0.4) is 0 Å². The molecular weight excluding hydrogens is 374 g/mol. The number of fused-ring (bicyclic) bond motifs is 2. The summed E-state index contributed by atoms with van der Waals surface area (Å²) < 4.78 is 0. The Kier molecular flexibility index (Phi) is 3.67.